The van der Waals surface area contributed by atoms with Crippen LogP contribution >= 0.6 is 12.4 Å². The standard InChI is InChI=1S/C18H31N5O.ClH/c1-5-14(2)17(19)18(24)23-10-8-22(9-11-23)16-7-6-15(12-20-16)13-21(3)4;/h6-7,12,14,17H,5,8-11,13,19H2,1-4H3;1H. The third kappa shape index (κ3) is 5.83. The monoisotopic (exact) mass is 369 g/mol. The Balaban J connectivity index is 0.00000312. The second-order valence-electron chi connectivity index (χ2n) is 6.99. The van der Waals surface area contributed by atoms with E-state index in [0.717, 1.165) is 31.9 Å². The van der Waals surface area contributed by atoms with Gasteiger partial charge in [-0.05, 0) is 31.6 Å². The van der Waals surface area contributed by atoms with Crippen LogP contribution in [0.5, 0.6) is 0 Å². The SMILES string of the molecule is CCC(C)C(N)C(=O)N1CCN(c2ccc(CN(C)C)cn2)CC1.Cl. The molecule has 7 heteroatoms. The summed E-state index contributed by atoms with van der Waals surface area (Å²) in [5, 5.41) is 0. The fourth-order valence-electron chi connectivity index (χ4n) is 2.93. The molecular formula is C18H32ClN5O. The van der Waals surface area contributed by atoms with Crippen molar-refractivity contribution in [3.8, 4) is 0 Å². The molecule has 0 spiro atoms. The Labute approximate surface area is 157 Å². The molecule has 142 valence electrons. The number of anilines is 1. The summed E-state index contributed by atoms with van der Waals surface area (Å²) in [7, 11) is 4.10. The van der Waals surface area contributed by atoms with Crippen LogP contribution in [0, 0.1) is 5.92 Å². The Morgan fingerprint density at radius 3 is 2.40 bits per heavy atom. The van der Waals surface area contributed by atoms with E-state index in [-0.39, 0.29) is 30.3 Å². The van der Waals surface area contributed by atoms with Crippen molar-refractivity contribution in [3.63, 3.8) is 0 Å². The van der Waals surface area contributed by atoms with Crippen LogP contribution in [-0.4, -0.2) is 67.0 Å². The zero-order chi connectivity index (χ0) is 17.7. The highest BCUT2D eigenvalue weighted by Gasteiger charge is 2.28. The topological polar surface area (TPSA) is 65.7 Å². The number of pyridine rings is 1. The van der Waals surface area contributed by atoms with Crippen LogP contribution in [-0.2, 0) is 11.3 Å². The molecule has 2 N–H and O–H groups in total. The van der Waals surface area contributed by atoms with Crippen molar-refractivity contribution in [2.75, 3.05) is 45.2 Å². The molecule has 25 heavy (non-hydrogen) atoms. The molecule has 0 saturated carbocycles. The van der Waals surface area contributed by atoms with Crippen LogP contribution in [0.1, 0.15) is 25.8 Å². The van der Waals surface area contributed by atoms with Crippen molar-refractivity contribution in [2.24, 2.45) is 11.7 Å². The van der Waals surface area contributed by atoms with Gasteiger partial charge in [-0.25, -0.2) is 4.98 Å². The first-order chi connectivity index (χ1) is 11.4. The molecule has 1 aliphatic rings. The molecule has 1 aliphatic heterocycles. The van der Waals surface area contributed by atoms with Gasteiger partial charge in [0.05, 0.1) is 6.04 Å². The van der Waals surface area contributed by atoms with E-state index in [0.29, 0.717) is 13.1 Å². The van der Waals surface area contributed by atoms with Gasteiger partial charge >= 0.3 is 0 Å². The third-order valence-electron chi connectivity index (χ3n) is 4.77. The summed E-state index contributed by atoms with van der Waals surface area (Å²) in [5.74, 6) is 1.29. The molecule has 6 nitrogen and oxygen atoms in total. The first-order valence-electron chi connectivity index (χ1n) is 8.81. The minimum absolute atomic E-state index is 0. The van der Waals surface area contributed by atoms with Crippen molar-refractivity contribution in [2.45, 2.75) is 32.9 Å². The molecule has 2 atom stereocenters. The Kier molecular flexibility index (Phi) is 8.62. The Morgan fingerprint density at radius 2 is 1.92 bits per heavy atom. The van der Waals surface area contributed by atoms with Crippen LogP contribution in [0.15, 0.2) is 18.3 Å². The van der Waals surface area contributed by atoms with Gasteiger partial charge in [0.2, 0.25) is 5.91 Å². The fourth-order valence-corrected chi connectivity index (χ4v) is 2.93. The van der Waals surface area contributed by atoms with Gasteiger partial charge in [0.1, 0.15) is 5.82 Å². The number of nitrogens with zero attached hydrogens (tertiary/aromatic N) is 4. The number of carbonyl (C=O) groups excluding carboxylic acids is 1. The van der Waals surface area contributed by atoms with Crippen molar-refractivity contribution in [1.82, 2.24) is 14.8 Å². The molecular weight excluding hydrogens is 338 g/mol. The molecule has 1 aromatic rings. The van der Waals surface area contributed by atoms with Gasteiger partial charge in [-0.3, -0.25) is 4.79 Å². The van der Waals surface area contributed by atoms with Gasteiger partial charge in [-0.15, -0.1) is 12.4 Å². The molecule has 0 radical (unpaired) electrons. The lowest BCUT2D eigenvalue weighted by atomic mass is 9.98. The summed E-state index contributed by atoms with van der Waals surface area (Å²) in [6.07, 6.45) is 2.86. The molecule has 1 saturated heterocycles. The van der Waals surface area contributed by atoms with E-state index in [4.69, 9.17) is 5.73 Å². The Morgan fingerprint density at radius 1 is 1.28 bits per heavy atom. The maximum atomic E-state index is 12.5. The quantitative estimate of drug-likeness (QED) is 0.824. The molecule has 1 amide bonds. The molecule has 2 unspecified atom stereocenters. The second-order valence-corrected chi connectivity index (χ2v) is 6.99. The van der Waals surface area contributed by atoms with Gasteiger partial charge < -0.3 is 20.4 Å². The zero-order valence-electron chi connectivity index (χ0n) is 15.8. The lowest BCUT2D eigenvalue weighted by Crippen LogP contribution is -2.54. The highest BCUT2D eigenvalue weighted by Crippen LogP contribution is 2.16. The van der Waals surface area contributed by atoms with E-state index >= 15 is 0 Å². The van der Waals surface area contributed by atoms with Gasteiger partial charge in [-0.1, -0.05) is 26.3 Å². The number of halogens is 1. The van der Waals surface area contributed by atoms with Gasteiger partial charge in [-0.2, -0.15) is 0 Å². The molecule has 0 bridgehead atoms. The number of aromatic nitrogens is 1. The van der Waals surface area contributed by atoms with Crippen LogP contribution in [0.25, 0.3) is 0 Å². The molecule has 2 heterocycles. The average Bonchev–Trinajstić information content (AvgIpc) is 2.60. The smallest absolute Gasteiger partial charge is 0.239 e. The first kappa shape index (κ1) is 21.7. The van der Waals surface area contributed by atoms with Gasteiger partial charge in [0, 0.05) is 38.9 Å². The summed E-state index contributed by atoms with van der Waals surface area (Å²) >= 11 is 0. The van der Waals surface area contributed by atoms with Crippen LogP contribution < -0.4 is 10.6 Å². The predicted molar refractivity (Wildman–Crippen MR) is 105 cm³/mol. The van der Waals surface area contributed by atoms with E-state index < -0.39 is 0 Å². The minimum Gasteiger partial charge on any atom is -0.353 e. The van der Waals surface area contributed by atoms with Crippen molar-refractivity contribution in [1.29, 1.82) is 0 Å². The number of amides is 1. The van der Waals surface area contributed by atoms with Gasteiger partial charge in [0.25, 0.3) is 0 Å². The van der Waals surface area contributed by atoms with E-state index in [1.807, 2.05) is 32.1 Å². The van der Waals surface area contributed by atoms with E-state index in [1.54, 1.807) is 0 Å². The molecule has 0 aliphatic carbocycles. The van der Waals surface area contributed by atoms with Crippen LogP contribution in [0.3, 0.4) is 0 Å². The molecule has 2 rings (SSSR count). The number of hydrogen-bond acceptors (Lipinski definition) is 5. The molecule has 0 aromatic carbocycles. The number of hydrogen-bond donors (Lipinski definition) is 1. The highest BCUT2D eigenvalue weighted by atomic mass is 35.5. The number of carbonyl (C=O) groups is 1. The van der Waals surface area contributed by atoms with Crippen molar-refractivity contribution in [3.05, 3.63) is 23.9 Å². The van der Waals surface area contributed by atoms with Crippen LogP contribution in [0.2, 0.25) is 0 Å². The zero-order valence-corrected chi connectivity index (χ0v) is 16.6. The largest absolute Gasteiger partial charge is 0.353 e. The van der Waals surface area contributed by atoms with E-state index in [9.17, 15) is 4.79 Å². The summed E-state index contributed by atoms with van der Waals surface area (Å²) in [6.45, 7) is 8.04. The van der Waals surface area contributed by atoms with Crippen molar-refractivity contribution < 1.29 is 4.79 Å². The molecule has 1 aromatic heterocycles. The Hall–Kier alpha value is -1.37. The summed E-state index contributed by atoms with van der Waals surface area (Å²) in [4.78, 5) is 23.3. The predicted octanol–water partition coefficient (Wildman–Crippen LogP) is 1.59. The number of nitrogens with two attached hydrogens (primary N) is 1. The lowest BCUT2D eigenvalue weighted by Gasteiger charge is -2.37. The molecule has 1 fully saturated rings. The number of piperazine rings is 1. The Bertz CT molecular complexity index is 529. The highest BCUT2D eigenvalue weighted by molar-refractivity contribution is 5.85. The van der Waals surface area contributed by atoms with E-state index in [2.05, 4.69) is 33.8 Å². The minimum atomic E-state index is -0.384. The second kappa shape index (κ2) is 9.94. The van der Waals surface area contributed by atoms with E-state index in [1.165, 1.54) is 5.56 Å². The maximum Gasteiger partial charge on any atom is 0.239 e. The summed E-state index contributed by atoms with van der Waals surface area (Å²) < 4.78 is 0. The average molecular weight is 370 g/mol. The third-order valence-corrected chi connectivity index (χ3v) is 4.77. The number of rotatable bonds is 6. The maximum absolute atomic E-state index is 12.5. The summed E-state index contributed by atoms with van der Waals surface area (Å²) in [6, 6.07) is 3.81. The van der Waals surface area contributed by atoms with Crippen LogP contribution in [0.4, 0.5) is 5.82 Å². The summed E-state index contributed by atoms with van der Waals surface area (Å²) in [5.41, 5.74) is 7.29. The normalized spacial score (nSPS) is 17.2. The first-order valence-corrected chi connectivity index (χ1v) is 8.81. The fraction of sp³-hybridized carbons (Fsp3) is 0.667. The van der Waals surface area contributed by atoms with Gasteiger partial charge in [0.15, 0.2) is 0 Å². The van der Waals surface area contributed by atoms with Crippen molar-refractivity contribution >= 4 is 24.1 Å². The lowest BCUT2D eigenvalue weighted by molar-refractivity contribution is -0.134.